The highest BCUT2D eigenvalue weighted by Gasteiger charge is 2.16. The molecule has 0 aliphatic heterocycles. The zero-order chi connectivity index (χ0) is 21.7. The summed E-state index contributed by atoms with van der Waals surface area (Å²) in [6, 6.07) is 14.1. The van der Waals surface area contributed by atoms with Gasteiger partial charge in [0.05, 0.1) is 23.7 Å². The van der Waals surface area contributed by atoms with Crippen molar-refractivity contribution in [2.75, 3.05) is 12.4 Å². The summed E-state index contributed by atoms with van der Waals surface area (Å²) in [5.74, 6) is -0.340. The predicted octanol–water partition coefficient (Wildman–Crippen LogP) is 4.55. The number of hydrogen-bond donors (Lipinski definition) is 1. The summed E-state index contributed by atoms with van der Waals surface area (Å²) < 4.78 is 23.8. The molecule has 1 aromatic heterocycles. The van der Waals surface area contributed by atoms with Gasteiger partial charge in [0.2, 0.25) is 0 Å². The largest absolute Gasteiger partial charge is 0.496 e. The lowest BCUT2D eigenvalue weighted by Gasteiger charge is -2.05. The number of carbonyl (C=O) groups is 1. The van der Waals surface area contributed by atoms with E-state index >= 15 is 0 Å². The lowest BCUT2D eigenvalue weighted by atomic mass is 10.1. The second kappa shape index (κ2) is 8.70. The van der Waals surface area contributed by atoms with Crippen molar-refractivity contribution in [1.29, 1.82) is 5.26 Å². The zero-order valence-electron chi connectivity index (χ0n) is 15.6. The molecule has 2 aromatic carbocycles. The number of nitro benzene ring substituents is 1. The van der Waals surface area contributed by atoms with Gasteiger partial charge in [-0.15, -0.1) is 0 Å². The van der Waals surface area contributed by atoms with E-state index in [1.54, 1.807) is 18.2 Å². The van der Waals surface area contributed by atoms with E-state index in [1.165, 1.54) is 55.7 Å². The minimum absolute atomic E-state index is 0.133. The Hall–Kier alpha value is -4.45. The van der Waals surface area contributed by atoms with Crippen molar-refractivity contribution < 1.29 is 23.3 Å². The van der Waals surface area contributed by atoms with Crippen LogP contribution in [0.3, 0.4) is 0 Å². The second-order valence-corrected chi connectivity index (χ2v) is 5.97. The molecule has 8 nitrogen and oxygen atoms in total. The molecule has 0 fully saturated rings. The Morgan fingerprint density at radius 2 is 1.97 bits per heavy atom. The molecule has 30 heavy (non-hydrogen) atoms. The molecular weight excluding hydrogens is 393 g/mol. The molecule has 0 atom stereocenters. The van der Waals surface area contributed by atoms with Gasteiger partial charge < -0.3 is 14.5 Å². The SMILES string of the molecule is COc1cc([N+](=O)[O-])ccc1-c1ccc(/C=C(/C#N)C(=O)Nc2ccc(F)cc2)o1. The molecule has 0 radical (unpaired) electrons. The number of nitriles is 1. The Labute approximate surface area is 170 Å². The van der Waals surface area contributed by atoms with E-state index in [4.69, 9.17) is 9.15 Å². The minimum atomic E-state index is -0.685. The number of rotatable bonds is 6. The molecule has 0 spiro atoms. The van der Waals surface area contributed by atoms with Crippen molar-refractivity contribution >= 4 is 23.4 Å². The van der Waals surface area contributed by atoms with Crippen molar-refractivity contribution in [1.82, 2.24) is 0 Å². The average Bonchev–Trinajstić information content (AvgIpc) is 3.21. The maximum absolute atomic E-state index is 13.0. The number of furan rings is 1. The first-order chi connectivity index (χ1) is 14.4. The number of nitrogens with one attached hydrogen (secondary N) is 1. The number of nitro groups is 1. The number of benzene rings is 2. The Kier molecular flexibility index (Phi) is 5.89. The van der Waals surface area contributed by atoms with Crippen LogP contribution in [0.1, 0.15) is 5.76 Å². The normalized spacial score (nSPS) is 10.9. The summed E-state index contributed by atoms with van der Waals surface area (Å²) in [5, 5.41) is 22.7. The molecule has 3 aromatic rings. The Morgan fingerprint density at radius 1 is 1.23 bits per heavy atom. The topological polar surface area (TPSA) is 118 Å². The number of ether oxygens (including phenoxy) is 1. The molecule has 3 rings (SSSR count). The molecule has 0 saturated heterocycles. The fourth-order valence-electron chi connectivity index (χ4n) is 2.59. The highest BCUT2D eigenvalue weighted by atomic mass is 19.1. The molecule has 0 bridgehead atoms. The number of carbonyl (C=O) groups excluding carboxylic acids is 1. The summed E-state index contributed by atoms with van der Waals surface area (Å²) in [4.78, 5) is 22.7. The van der Waals surface area contributed by atoms with Crippen molar-refractivity contribution in [3.63, 3.8) is 0 Å². The fraction of sp³-hybridized carbons (Fsp3) is 0.0476. The van der Waals surface area contributed by atoms with Gasteiger partial charge in [0.25, 0.3) is 11.6 Å². The van der Waals surface area contributed by atoms with E-state index in [1.807, 2.05) is 0 Å². The minimum Gasteiger partial charge on any atom is -0.496 e. The van der Waals surface area contributed by atoms with Crippen LogP contribution in [0.5, 0.6) is 5.75 Å². The molecular formula is C21H14FN3O5. The molecule has 0 aliphatic rings. The molecule has 0 saturated carbocycles. The number of non-ortho nitro benzene ring substituents is 1. The Bertz CT molecular complexity index is 1180. The quantitative estimate of drug-likeness (QED) is 0.277. The second-order valence-electron chi connectivity index (χ2n) is 5.97. The third kappa shape index (κ3) is 4.51. The van der Waals surface area contributed by atoms with Crippen LogP contribution in [-0.2, 0) is 4.79 Å². The third-order valence-corrected chi connectivity index (χ3v) is 4.04. The number of methoxy groups -OCH3 is 1. The average molecular weight is 407 g/mol. The van der Waals surface area contributed by atoms with Crippen molar-refractivity contribution in [2.45, 2.75) is 0 Å². The van der Waals surface area contributed by atoms with Gasteiger partial charge >= 0.3 is 0 Å². The summed E-state index contributed by atoms with van der Waals surface area (Å²) >= 11 is 0. The van der Waals surface area contributed by atoms with Gasteiger partial charge in [-0.25, -0.2) is 4.39 Å². The van der Waals surface area contributed by atoms with Gasteiger partial charge in [-0.3, -0.25) is 14.9 Å². The van der Waals surface area contributed by atoms with Crippen LogP contribution in [0.15, 0.2) is 64.6 Å². The first-order valence-electron chi connectivity index (χ1n) is 8.52. The van der Waals surface area contributed by atoms with E-state index in [-0.39, 0.29) is 22.8 Å². The van der Waals surface area contributed by atoms with Gasteiger partial charge in [-0.1, -0.05) is 0 Å². The first-order valence-corrected chi connectivity index (χ1v) is 8.52. The van der Waals surface area contributed by atoms with Gasteiger partial charge in [0.15, 0.2) is 0 Å². The van der Waals surface area contributed by atoms with Crippen LogP contribution in [0.2, 0.25) is 0 Å². The molecule has 1 amide bonds. The molecule has 0 aliphatic carbocycles. The molecule has 1 heterocycles. The van der Waals surface area contributed by atoms with E-state index in [9.17, 15) is 24.6 Å². The molecule has 150 valence electrons. The van der Waals surface area contributed by atoms with E-state index in [0.717, 1.165) is 0 Å². The number of halogens is 1. The lowest BCUT2D eigenvalue weighted by Crippen LogP contribution is -2.13. The standard InChI is InChI=1S/C21H14FN3O5/c1-29-20-11-16(25(27)28)6-8-18(20)19-9-7-17(30-19)10-13(12-23)21(26)24-15-4-2-14(22)3-5-15/h2-11H,1H3,(H,24,26)/b13-10-. The van der Waals surface area contributed by atoms with Gasteiger partial charge in [-0.05, 0) is 42.5 Å². The van der Waals surface area contributed by atoms with Crippen molar-refractivity contribution in [2.24, 2.45) is 0 Å². The van der Waals surface area contributed by atoms with Gasteiger partial charge in [0.1, 0.15) is 34.7 Å². The summed E-state index contributed by atoms with van der Waals surface area (Å²) in [5.41, 5.74) is 0.442. The summed E-state index contributed by atoms with van der Waals surface area (Å²) in [7, 11) is 1.37. The predicted molar refractivity (Wildman–Crippen MR) is 106 cm³/mol. The maximum atomic E-state index is 13.0. The van der Waals surface area contributed by atoms with E-state index in [0.29, 0.717) is 17.0 Å². The Balaban J connectivity index is 1.85. The maximum Gasteiger partial charge on any atom is 0.273 e. The summed E-state index contributed by atoms with van der Waals surface area (Å²) in [6.07, 6.45) is 1.25. The highest BCUT2D eigenvalue weighted by Crippen LogP contribution is 2.34. The number of amides is 1. The fourth-order valence-corrected chi connectivity index (χ4v) is 2.59. The van der Waals surface area contributed by atoms with Crippen LogP contribution < -0.4 is 10.1 Å². The van der Waals surface area contributed by atoms with Crippen LogP contribution in [-0.4, -0.2) is 17.9 Å². The smallest absolute Gasteiger partial charge is 0.273 e. The van der Waals surface area contributed by atoms with E-state index < -0.39 is 16.6 Å². The van der Waals surface area contributed by atoms with Crippen LogP contribution in [0.25, 0.3) is 17.4 Å². The monoisotopic (exact) mass is 407 g/mol. The zero-order valence-corrected chi connectivity index (χ0v) is 15.6. The van der Waals surface area contributed by atoms with Crippen LogP contribution >= 0.6 is 0 Å². The summed E-state index contributed by atoms with van der Waals surface area (Å²) in [6.45, 7) is 0. The number of anilines is 1. The molecule has 1 N–H and O–H groups in total. The first kappa shape index (κ1) is 20.3. The van der Waals surface area contributed by atoms with Crippen molar-refractivity contribution in [3.05, 3.63) is 81.9 Å². The van der Waals surface area contributed by atoms with Crippen LogP contribution in [0.4, 0.5) is 15.8 Å². The number of hydrogen-bond acceptors (Lipinski definition) is 6. The third-order valence-electron chi connectivity index (χ3n) is 4.04. The van der Waals surface area contributed by atoms with Crippen molar-refractivity contribution in [3.8, 4) is 23.1 Å². The lowest BCUT2D eigenvalue weighted by molar-refractivity contribution is -0.384. The van der Waals surface area contributed by atoms with Crippen LogP contribution in [0, 0.1) is 27.3 Å². The molecule has 9 heteroatoms. The molecule has 0 unspecified atom stereocenters. The Morgan fingerprint density at radius 3 is 2.60 bits per heavy atom. The highest BCUT2D eigenvalue weighted by molar-refractivity contribution is 6.09. The van der Waals surface area contributed by atoms with Gasteiger partial charge in [0, 0.05) is 17.8 Å². The number of nitrogens with zero attached hydrogens (tertiary/aromatic N) is 2. The van der Waals surface area contributed by atoms with Gasteiger partial charge in [-0.2, -0.15) is 5.26 Å². The van der Waals surface area contributed by atoms with E-state index in [2.05, 4.69) is 5.32 Å².